The summed E-state index contributed by atoms with van der Waals surface area (Å²) < 4.78 is 0. The van der Waals surface area contributed by atoms with Crippen molar-refractivity contribution < 1.29 is 4.79 Å². The third-order valence-electron chi connectivity index (χ3n) is 4.27. The Morgan fingerprint density at radius 1 is 1.14 bits per heavy atom. The van der Waals surface area contributed by atoms with Crippen molar-refractivity contribution >= 4 is 16.7 Å². The molecule has 116 valence electrons. The molecule has 1 saturated heterocycles. The summed E-state index contributed by atoms with van der Waals surface area (Å²) >= 11 is 0. The molecule has 1 aromatic heterocycles. The largest absolute Gasteiger partial charge is 0.351 e. The van der Waals surface area contributed by atoms with Gasteiger partial charge in [0.1, 0.15) is 5.69 Å². The Morgan fingerprint density at radius 3 is 2.82 bits per heavy atom. The molecule has 3 rings (SSSR count). The lowest BCUT2D eigenvalue weighted by Crippen LogP contribution is -2.33. The van der Waals surface area contributed by atoms with Crippen LogP contribution in [-0.2, 0) is 0 Å². The molecular weight excluding hydrogens is 274 g/mol. The Morgan fingerprint density at radius 2 is 1.95 bits per heavy atom. The van der Waals surface area contributed by atoms with Crippen LogP contribution in [-0.4, -0.2) is 42.0 Å². The van der Waals surface area contributed by atoms with Crippen LogP contribution in [0.3, 0.4) is 0 Å². The minimum Gasteiger partial charge on any atom is -0.351 e. The molecule has 0 bridgehead atoms. The number of hydrogen-bond acceptors (Lipinski definition) is 3. The van der Waals surface area contributed by atoms with Gasteiger partial charge in [0.05, 0.1) is 0 Å². The van der Waals surface area contributed by atoms with Gasteiger partial charge in [0.15, 0.2) is 0 Å². The van der Waals surface area contributed by atoms with Crippen LogP contribution in [0.5, 0.6) is 0 Å². The van der Waals surface area contributed by atoms with E-state index in [-0.39, 0.29) is 5.91 Å². The highest BCUT2D eigenvalue weighted by Crippen LogP contribution is 2.16. The van der Waals surface area contributed by atoms with E-state index >= 15 is 0 Å². The predicted octanol–water partition coefficient (Wildman–Crippen LogP) is 2.84. The highest BCUT2D eigenvalue weighted by atomic mass is 16.1. The number of fused-ring (bicyclic) bond motifs is 1. The Balaban J connectivity index is 1.53. The number of hydrogen-bond donors (Lipinski definition) is 1. The van der Waals surface area contributed by atoms with Crippen molar-refractivity contribution in [2.75, 3.05) is 26.2 Å². The maximum absolute atomic E-state index is 12.3. The predicted molar refractivity (Wildman–Crippen MR) is 89.0 cm³/mol. The number of amides is 1. The molecule has 0 saturated carbocycles. The number of rotatable bonds is 5. The maximum atomic E-state index is 12.3. The first kappa shape index (κ1) is 15.0. The van der Waals surface area contributed by atoms with Gasteiger partial charge in [-0.05, 0) is 50.3 Å². The summed E-state index contributed by atoms with van der Waals surface area (Å²) in [6, 6.07) is 9.80. The first-order valence-electron chi connectivity index (χ1n) is 8.19. The third-order valence-corrected chi connectivity index (χ3v) is 4.27. The summed E-state index contributed by atoms with van der Waals surface area (Å²) in [4.78, 5) is 19.1. The van der Waals surface area contributed by atoms with E-state index in [1.807, 2.05) is 30.3 Å². The molecule has 22 heavy (non-hydrogen) atoms. The fourth-order valence-corrected chi connectivity index (χ4v) is 3.07. The highest BCUT2D eigenvalue weighted by molar-refractivity contribution is 6.05. The first-order valence-corrected chi connectivity index (χ1v) is 8.19. The molecule has 2 aromatic rings. The molecule has 0 radical (unpaired) electrons. The second kappa shape index (κ2) is 7.36. The lowest BCUT2D eigenvalue weighted by molar-refractivity contribution is 0.0948. The van der Waals surface area contributed by atoms with Gasteiger partial charge in [0.25, 0.3) is 5.91 Å². The van der Waals surface area contributed by atoms with Gasteiger partial charge in [-0.1, -0.05) is 30.7 Å². The van der Waals surface area contributed by atoms with Crippen molar-refractivity contribution in [3.8, 4) is 0 Å². The van der Waals surface area contributed by atoms with Crippen LogP contribution in [0.15, 0.2) is 36.5 Å². The first-order chi connectivity index (χ1) is 10.8. The number of likely N-dealkylation sites (tertiary alicyclic amines) is 1. The van der Waals surface area contributed by atoms with Crippen LogP contribution in [0, 0.1) is 0 Å². The summed E-state index contributed by atoms with van der Waals surface area (Å²) in [6.07, 6.45) is 6.68. The molecular formula is C18H23N3O. The molecule has 2 heterocycles. The fraction of sp³-hybridized carbons (Fsp3) is 0.444. The van der Waals surface area contributed by atoms with E-state index < -0.39 is 0 Å². The molecule has 0 unspecified atom stereocenters. The number of nitrogens with one attached hydrogen (secondary N) is 1. The average Bonchev–Trinajstić information content (AvgIpc) is 2.59. The monoisotopic (exact) mass is 297 g/mol. The van der Waals surface area contributed by atoms with E-state index in [0.717, 1.165) is 23.7 Å². The van der Waals surface area contributed by atoms with Crippen LogP contribution in [0.25, 0.3) is 10.8 Å². The molecule has 4 heteroatoms. The van der Waals surface area contributed by atoms with Gasteiger partial charge in [-0.3, -0.25) is 9.78 Å². The van der Waals surface area contributed by atoms with Crippen LogP contribution in [0.2, 0.25) is 0 Å². The van der Waals surface area contributed by atoms with E-state index in [4.69, 9.17) is 0 Å². The van der Waals surface area contributed by atoms with Crippen molar-refractivity contribution in [2.45, 2.75) is 25.7 Å². The summed E-state index contributed by atoms with van der Waals surface area (Å²) in [5.74, 6) is -0.0737. The van der Waals surface area contributed by atoms with E-state index in [1.165, 1.54) is 32.4 Å². The third kappa shape index (κ3) is 3.63. The smallest absolute Gasteiger partial charge is 0.270 e. The Kier molecular flexibility index (Phi) is 5.01. The van der Waals surface area contributed by atoms with Gasteiger partial charge < -0.3 is 10.2 Å². The lowest BCUT2D eigenvalue weighted by atomic mass is 10.1. The Bertz CT molecular complexity index is 630. The van der Waals surface area contributed by atoms with Crippen molar-refractivity contribution in [2.24, 2.45) is 0 Å². The van der Waals surface area contributed by atoms with Crippen molar-refractivity contribution in [3.63, 3.8) is 0 Å². The molecule has 1 fully saturated rings. The number of carbonyl (C=O) groups is 1. The quantitative estimate of drug-likeness (QED) is 0.863. The van der Waals surface area contributed by atoms with Crippen LogP contribution in [0.4, 0.5) is 0 Å². The van der Waals surface area contributed by atoms with Crippen LogP contribution >= 0.6 is 0 Å². The van der Waals surface area contributed by atoms with Gasteiger partial charge in [-0.2, -0.15) is 0 Å². The molecule has 0 aliphatic carbocycles. The summed E-state index contributed by atoms with van der Waals surface area (Å²) in [6.45, 7) is 4.20. The standard InChI is InChI=1S/C18H23N3O/c22-18(20-10-6-14-21-12-4-1-5-13-21)17-16-8-3-2-7-15(16)9-11-19-17/h2-3,7-9,11H,1,4-6,10,12-14H2,(H,20,22). The van der Waals surface area contributed by atoms with E-state index in [2.05, 4.69) is 15.2 Å². The zero-order chi connectivity index (χ0) is 15.2. The number of piperidine rings is 1. The van der Waals surface area contributed by atoms with Gasteiger partial charge in [-0.15, -0.1) is 0 Å². The molecule has 0 atom stereocenters. The summed E-state index contributed by atoms with van der Waals surface area (Å²) in [7, 11) is 0. The van der Waals surface area contributed by atoms with Crippen LogP contribution < -0.4 is 5.32 Å². The van der Waals surface area contributed by atoms with Gasteiger partial charge in [-0.25, -0.2) is 0 Å². The molecule has 1 aliphatic heterocycles. The second-order valence-corrected chi connectivity index (χ2v) is 5.89. The normalized spacial score (nSPS) is 15.8. The van der Waals surface area contributed by atoms with E-state index in [0.29, 0.717) is 12.2 Å². The topological polar surface area (TPSA) is 45.2 Å². The lowest BCUT2D eigenvalue weighted by Gasteiger charge is -2.26. The molecule has 0 spiro atoms. The number of carbonyl (C=O) groups excluding carboxylic acids is 1. The molecule has 1 amide bonds. The van der Waals surface area contributed by atoms with E-state index in [1.54, 1.807) is 6.20 Å². The van der Waals surface area contributed by atoms with Gasteiger partial charge in [0.2, 0.25) is 0 Å². The Labute approximate surface area is 131 Å². The molecule has 1 aromatic carbocycles. The zero-order valence-electron chi connectivity index (χ0n) is 12.9. The fourth-order valence-electron chi connectivity index (χ4n) is 3.07. The van der Waals surface area contributed by atoms with Crippen molar-refractivity contribution in [3.05, 3.63) is 42.2 Å². The second-order valence-electron chi connectivity index (χ2n) is 5.89. The van der Waals surface area contributed by atoms with Gasteiger partial charge >= 0.3 is 0 Å². The maximum Gasteiger partial charge on any atom is 0.270 e. The zero-order valence-corrected chi connectivity index (χ0v) is 12.9. The minimum atomic E-state index is -0.0737. The number of benzene rings is 1. The van der Waals surface area contributed by atoms with Crippen LogP contribution in [0.1, 0.15) is 36.2 Å². The van der Waals surface area contributed by atoms with E-state index in [9.17, 15) is 4.79 Å². The summed E-state index contributed by atoms with van der Waals surface area (Å²) in [5, 5.41) is 4.97. The van der Waals surface area contributed by atoms with Crippen molar-refractivity contribution in [1.82, 2.24) is 15.2 Å². The highest BCUT2D eigenvalue weighted by Gasteiger charge is 2.12. The number of pyridine rings is 1. The number of aromatic nitrogens is 1. The van der Waals surface area contributed by atoms with Crippen molar-refractivity contribution in [1.29, 1.82) is 0 Å². The minimum absolute atomic E-state index is 0.0737. The average molecular weight is 297 g/mol. The van der Waals surface area contributed by atoms with Gasteiger partial charge in [0, 0.05) is 18.1 Å². The SMILES string of the molecule is O=C(NCCCN1CCCCC1)c1nccc2ccccc12. The number of nitrogens with zero attached hydrogens (tertiary/aromatic N) is 2. The summed E-state index contributed by atoms with van der Waals surface area (Å²) in [5.41, 5.74) is 0.524. The molecule has 1 N–H and O–H groups in total. The Hall–Kier alpha value is -1.94. The molecule has 4 nitrogen and oxygen atoms in total. The molecule has 1 aliphatic rings.